The summed E-state index contributed by atoms with van der Waals surface area (Å²) in [7, 11) is 0. The third-order valence-corrected chi connectivity index (χ3v) is 4.91. The van der Waals surface area contributed by atoms with Crippen molar-refractivity contribution in [2.24, 2.45) is 11.8 Å². The lowest BCUT2D eigenvalue weighted by Gasteiger charge is -2.39. The summed E-state index contributed by atoms with van der Waals surface area (Å²) in [5.41, 5.74) is 1.21. The minimum absolute atomic E-state index is 0.129. The Morgan fingerprint density at radius 1 is 1.19 bits per heavy atom. The zero-order valence-electron chi connectivity index (χ0n) is 12.3. The number of halogens is 1. The van der Waals surface area contributed by atoms with Gasteiger partial charge in [-0.2, -0.15) is 0 Å². The monoisotopic (exact) mass is 303 g/mol. The van der Waals surface area contributed by atoms with E-state index in [4.69, 9.17) is 11.6 Å². The average molecular weight is 304 g/mol. The average Bonchev–Trinajstić information content (AvgIpc) is 3.29. The molecule has 21 heavy (non-hydrogen) atoms. The van der Waals surface area contributed by atoms with Crippen molar-refractivity contribution in [1.29, 1.82) is 0 Å². The molecule has 1 saturated carbocycles. The molecule has 0 radical (unpaired) electrons. The van der Waals surface area contributed by atoms with Gasteiger partial charge in [-0.15, -0.1) is 6.58 Å². The van der Waals surface area contributed by atoms with E-state index in [2.05, 4.69) is 23.6 Å². The van der Waals surface area contributed by atoms with Crippen molar-refractivity contribution >= 4 is 17.5 Å². The van der Waals surface area contributed by atoms with Crippen molar-refractivity contribution in [1.82, 2.24) is 4.90 Å². The van der Waals surface area contributed by atoms with E-state index in [0.29, 0.717) is 11.8 Å². The number of carbonyl (C=O) groups excluding carboxylic acids is 1. The first-order chi connectivity index (χ1) is 10.2. The van der Waals surface area contributed by atoms with Crippen LogP contribution in [0.25, 0.3) is 0 Å². The molecule has 112 valence electrons. The number of amides is 1. The molecule has 3 rings (SSSR count). The summed E-state index contributed by atoms with van der Waals surface area (Å²) in [4.78, 5) is 14.9. The highest BCUT2D eigenvalue weighted by Crippen LogP contribution is 2.39. The Morgan fingerprint density at radius 3 is 2.52 bits per heavy atom. The zero-order chi connectivity index (χ0) is 14.8. The van der Waals surface area contributed by atoms with Gasteiger partial charge in [0.25, 0.3) is 0 Å². The summed E-state index contributed by atoms with van der Waals surface area (Å²) in [6.07, 6.45) is 7.21. The van der Waals surface area contributed by atoms with Crippen LogP contribution < -0.4 is 0 Å². The summed E-state index contributed by atoms with van der Waals surface area (Å²) in [6.45, 7) is 4.71. The Morgan fingerprint density at radius 2 is 1.90 bits per heavy atom. The Hall–Kier alpha value is -1.28. The van der Waals surface area contributed by atoms with Crippen molar-refractivity contribution < 1.29 is 4.79 Å². The summed E-state index contributed by atoms with van der Waals surface area (Å²) >= 11 is 5.98. The molecule has 1 unspecified atom stereocenters. The minimum atomic E-state index is 0.129. The number of likely N-dealkylation sites (tertiary alicyclic amines) is 1. The number of piperidine rings is 1. The molecule has 1 aromatic carbocycles. The second kappa shape index (κ2) is 6.23. The summed E-state index contributed by atoms with van der Waals surface area (Å²) < 4.78 is 0. The summed E-state index contributed by atoms with van der Waals surface area (Å²) in [5, 5.41) is 0.749. The Kier molecular flexibility index (Phi) is 4.34. The second-order valence-electron chi connectivity index (χ2n) is 6.30. The van der Waals surface area contributed by atoms with Crippen LogP contribution in [0.15, 0.2) is 36.9 Å². The van der Waals surface area contributed by atoms with Gasteiger partial charge in [-0.3, -0.25) is 4.79 Å². The fourth-order valence-corrected chi connectivity index (χ4v) is 3.40. The van der Waals surface area contributed by atoms with Crippen molar-refractivity contribution in [2.45, 2.75) is 38.1 Å². The van der Waals surface area contributed by atoms with Crippen LogP contribution in [0.1, 0.15) is 43.7 Å². The molecule has 2 aliphatic rings. The molecular formula is C18H22ClNO. The molecule has 0 spiro atoms. The summed E-state index contributed by atoms with van der Waals surface area (Å²) in [5.74, 6) is 1.16. The fourth-order valence-electron chi connectivity index (χ4n) is 3.27. The quantitative estimate of drug-likeness (QED) is 0.728. The number of rotatable bonds is 5. The maximum absolute atomic E-state index is 12.8. The smallest absolute Gasteiger partial charge is 0.226 e. The highest BCUT2D eigenvalue weighted by atomic mass is 35.5. The van der Waals surface area contributed by atoms with Gasteiger partial charge < -0.3 is 4.90 Å². The van der Waals surface area contributed by atoms with Crippen LogP contribution in [-0.2, 0) is 4.79 Å². The third-order valence-electron chi connectivity index (χ3n) is 4.65. The number of benzene rings is 1. The molecule has 1 aliphatic carbocycles. The number of hydrogen-bond donors (Lipinski definition) is 0. The lowest BCUT2D eigenvalue weighted by Crippen LogP contribution is -2.44. The van der Waals surface area contributed by atoms with Gasteiger partial charge in [0.05, 0.1) is 6.04 Å². The van der Waals surface area contributed by atoms with Crippen molar-refractivity contribution in [3.63, 3.8) is 0 Å². The van der Waals surface area contributed by atoms with Gasteiger partial charge in [0.15, 0.2) is 0 Å². The highest BCUT2D eigenvalue weighted by Gasteiger charge is 2.38. The van der Waals surface area contributed by atoms with Crippen LogP contribution in [0.4, 0.5) is 0 Å². The van der Waals surface area contributed by atoms with E-state index in [0.717, 1.165) is 30.8 Å². The lowest BCUT2D eigenvalue weighted by atomic mass is 9.86. The van der Waals surface area contributed by atoms with Gasteiger partial charge >= 0.3 is 0 Å². The van der Waals surface area contributed by atoms with Crippen LogP contribution in [-0.4, -0.2) is 17.4 Å². The molecule has 2 fully saturated rings. The maximum atomic E-state index is 12.8. The number of nitrogens with zero attached hydrogens (tertiary/aromatic N) is 1. The Bertz CT molecular complexity index is 521. The lowest BCUT2D eigenvalue weighted by molar-refractivity contribution is -0.142. The van der Waals surface area contributed by atoms with Crippen molar-refractivity contribution in [3.8, 4) is 0 Å². The van der Waals surface area contributed by atoms with E-state index in [9.17, 15) is 4.79 Å². The second-order valence-corrected chi connectivity index (χ2v) is 6.74. The Labute approximate surface area is 131 Å². The first kappa shape index (κ1) is 14.6. The predicted octanol–water partition coefficient (Wildman–Crippen LogP) is 4.61. The molecule has 2 atom stereocenters. The predicted molar refractivity (Wildman–Crippen MR) is 86.2 cm³/mol. The highest BCUT2D eigenvalue weighted by molar-refractivity contribution is 6.30. The standard InChI is InChI=1S/C18H22ClNO/c1-2-3-15-8-11-17(14-6-9-16(19)10-7-14)20(18(15)21)12-13-4-5-13/h2,6-7,9-10,13,15,17H,1,3-5,8,11-12H2/t15-,17?/m0/s1. The first-order valence-corrected chi connectivity index (χ1v) is 8.23. The van der Waals surface area contributed by atoms with Crippen LogP contribution in [0.2, 0.25) is 5.02 Å². The van der Waals surface area contributed by atoms with Crippen LogP contribution >= 0.6 is 11.6 Å². The van der Waals surface area contributed by atoms with E-state index in [1.807, 2.05) is 18.2 Å². The molecule has 1 saturated heterocycles. The van der Waals surface area contributed by atoms with Gasteiger partial charge in [-0.25, -0.2) is 0 Å². The molecule has 1 aliphatic heterocycles. The minimum Gasteiger partial charge on any atom is -0.335 e. The van der Waals surface area contributed by atoms with Gasteiger partial charge in [-0.1, -0.05) is 29.8 Å². The van der Waals surface area contributed by atoms with Gasteiger partial charge in [0, 0.05) is 17.5 Å². The molecule has 3 heteroatoms. The van der Waals surface area contributed by atoms with Crippen molar-refractivity contribution in [2.75, 3.05) is 6.54 Å². The van der Waals surface area contributed by atoms with E-state index in [1.54, 1.807) is 0 Å². The van der Waals surface area contributed by atoms with E-state index in [-0.39, 0.29) is 12.0 Å². The first-order valence-electron chi connectivity index (χ1n) is 7.86. The van der Waals surface area contributed by atoms with Gasteiger partial charge in [0.1, 0.15) is 0 Å². The third kappa shape index (κ3) is 3.32. The van der Waals surface area contributed by atoms with Crippen LogP contribution in [0.3, 0.4) is 0 Å². The molecule has 0 N–H and O–H groups in total. The largest absolute Gasteiger partial charge is 0.335 e. The molecule has 1 aromatic rings. The van der Waals surface area contributed by atoms with E-state index < -0.39 is 0 Å². The zero-order valence-corrected chi connectivity index (χ0v) is 13.1. The number of hydrogen-bond acceptors (Lipinski definition) is 1. The van der Waals surface area contributed by atoms with E-state index >= 15 is 0 Å². The van der Waals surface area contributed by atoms with Gasteiger partial charge in [-0.05, 0) is 55.7 Å². The van der Waals surface area contributed by atoms with Crippen LogP contribution in [0.5, 0.6) is 0 Å². The van der Waals surface area contributed by atoms with E-state index in [1.165, 1.54) is 18.4 Å². The normalized spacial score (nSPS) is 26.0. The number of allylic oxidation sites excluding steroid dienone is 1. The molecular weight excluding hydrogens is 282 g/mol. The number of carbonyl (C=O) groups is 1. The SMILES string of the molecule is C=CC[C@H]1CCC(c2ccc(Cl)cc2)N(CC2CC2)C1=O. The topological polar surface area (TPSA) is 20.3 Å². The molecule has 0 aromatic heterocycles. The molecule has 2 nitrogen and oxygen atoms in total. The maximum Gasteiger partial charge on any atom is 0.226 e. The molecule has 1 heterocycles. The Balaban J connectivity index is 1.82. The molecule has 1 amide bonds. The van der Waals surface area contributed by atoms with Crippen molar-refractivity contribution in [3.05, 3.63) is 47.5 Å². The van der Waals surface area contributed by atoms with Gasteiger partial charge in [0.2, 0.25) is 5.91 Å². The van der Waals surface area contributed by atoms with Crippen LogP contribution in [0, 0.1) is 11.8 Å². The molecule has 0 bridgehead atoms. The summed E-state index contributed by atoms with van der Waals surface area (Å²) in [6, 6.07) is 8.19. The fraction of sp³-hybridized carbons (Fsp3) is 0.500.